The number of nitrogens with two attached hydrogens (primary N) is 3. The van der Waals surface area contributed by atoms with Gasteiger partial charge >= 0.3 is 0 Å². The van der Waals surface area contributed by atoms with E-state index in [9.17, 15) is 24.0 Å². The van der Waals surface area contributed by atoms with Crippen LogP contribution in [0.1, 0.15) is 125 Å². The Morgan fingerprint density at radius 1 is 0.833 bits per heavy atom. The Kier molecular flexibility index (Phi) is 21.6. The summed E-state index contributed by atoms with van der Waals surface area (Å²) in [6, 6.07) is -3.09. The van der Waals surface area contributed by atoms with E-state index in [2.05, 4.69) is 22.9 Å². The van der Waals surface area contributed by atoms with Gasteiger partial charge < -0.3 is 47.5 Å². The molecule has 2 aliphatic rings. The molecule has 54 heavy (non-hydrogen) atoms. The van der Waals surface area contributed by atoms with E-state index in [0.29, 0.717) is 31.9 Å². The van der Waals surface area contributed by atoms with Crippen LogP contribution >= 0.6 is 0 Å². The van der Waals surface area contributed by atoms with Gasteiger partial charge in [0.05, 0.1) is 37.3 Å². The third-order valence-electron chi connectivity index (χ3n) is 11.2. The van der Waals surface area contributed by atoms with Crippen molar-refractivity contribution in [2.45, 2.75) is 161 Å². The Balaban J connectivity index is 2.14. The minimum Gasteiger partial charge on any atom is -0.377 e. The van der Waals surface area contributed by atoms with Crippen molar-refractivity contribution in [2.24, 2.45) is 46.8 Å². The maximum absolute atomic E-state index is 14.2. The van der Waals surface area contributed by atoms with Crippen molar-refractivity contribution in [2.75, 3.05) is 33.4 Å². The van der Waals surface area contributed by atoms with Crippen LogP contribution in [0.3, 0.4) is 0 Å². The molecule has 312 valence electrons. The van der Waals surface area contributed by atoms with Gasteiger partial charge in [-0.1, -0.05) is 79.6 Å². The summed E-state index contributed by atoms with van der Waals surface area (Å²) in [4.78, 5) is 68.2. The molecule has 0 unspecified atom stereocenters. The van der Waals surface area contributed by atoms with E-state index < -0.39 is 47.9 Å². The minimum atomic E-state index is -1.05. The van der Waals surface area contributed by atoms with Gasteiger partial charge in [-0.3, -0.25) is 24.0 Å². The van der Waals surface area contributed by atoms with Crippen LogP contribution in [0.25, 0.3) is 0 Å². The van der Waals surface area contributed by atoms with Gasteiger partial charge in [0, 0.05) is 19.6 Å². The van der Waals surface area contributed by atoms with E-state index in [4.69, 9.17) is 26.7 Å². The van der Waals surface area contributed by atoms with Crippen LogP contribution in [0.2, 0.25) is 0 Å². The zero-order valence-electron chi connectivity index (χ0n) is 34.4. The average Bonchev–Trinajstić information content (AvgIpc) is 3.12. The Morgan fingerprint density at radius 3 is 2.07 bits per heavy atom. The van der Waals surface area contributed by atoms with E-state index in [1.165, 1.54) is 4.90 Å². The maximum Gasteiger partial charge on any atom is 0.243 e. The lowest BCUT2D eigenvalue weighted by molar-refractivity contribution is -0.147. The molecule has 14 nitrogen and oxygen atoms in total. The molecule has 0 bridgehead atoms. The molecule has 2 saturated carbocycles. The molecule has 0 aromatic carbocycles. The summed E-state index contributed by atoms with van der Waals surface area (Å²) >= 11 is 0. The van der Waals surface area contributed by atoms with Gasteiger partial charge in [0.25, 0.3) is 0 Å². The SMILES string of the molecule is CCCCCC[C@@H](OC[C@@H](C)NC(=O)[C@@H](C)CO[C@H]1C[C@H](CN)C1)[C@@H](C)C(=O)N(C)[C@@H](CC(C)C)C(=O)N[C@H](C(=O)N[C@@H](CN)C(N)=O)C1CCCCC1. The molecule has 9 N–H and O–H groups in total. The number of rotatable bonds is 26. The molecule has 0 spiro atoms. The lowest BCUT2D eigenvalue weighted by Crippen LogP contribution is -2.60. The van der Waals surface area contributed by atoms with E-state index in [1.54, 1.807) is 7.05 Å². The molecule has 0 aliphatic heterocycles. The van der Waals surface area contributed by atoms with E-state index in [-0.39, 0.29) is 54.9 Å². The summed E-state index contributed by atoms with van der Waals surface area (Å²) in [5, 5.41) is 8.65. The Morgan fingerprint density at radius 2 is 1.50 bits per heavy atom. The van der Waals surface area contributed by atoms with E-state index in [1.807, 2.05) is 34.6 Å². The Bertz CT molecular complexity index is 1160. The van der Waals surface area contributed by atoms with Gasteiger partial charge in [-0.25, -0.2) is 0 Å². The molecule has 2 fully saturated rings. The smallest absolute Gasteiger partial charge is 0.243 e. The lowest BCUT2D eigenvalue weighted by atomic mass is 9.82. The molecule has 0 saturated heterocycles. The Hall–Kier alpha value is -2.81. The molecule has 0 radical (unpaired) electrons. The number of carbonyl (C=O) groups excluding carboxylic acids is 5. The van der Waals surface area contributed by atoms with Crippen molar-refractivity contribution in [1.82, 2.24) is 20.9 Å². The van der Waals surface area contributed by atoms with Gasteiger partial charge in [0.15, 0.2) is 0 Å². The van der Waals surface area contributed by atoms with Crippen LogP contribution in [0.15, 0.2) is 0 Å². The fourth-order valence-electron chi connectivity index (χ4n) is 7.45. The molecule has 0 heterocycles. The number of ether oxygens (including phenoxy) is 2. The highest BCUT2D eigenvalue weighted by Crippen LogP contribution is 2.30. The largest absolute Gasteiger partial charge is 0.377 e. The third-order valence-corrected chi connectivity index (χ3v) is 11.2. The predicted molar refractivity (Wildman–Crippen MR) is 211 cm³/mol. The maximum atomic E-state index is 14.2. The second kappa shape index (κ2) is 24.7. The summed E-state index contributed by atoms with van der Waals surface area (Å²) < 4.78 is 12.3. The third kappa shape index (κ3) is 15.7. The van der Waals surface area contributed by atoms with Crippen molar-refractivity contribution in [1.29, 1.82) is 0 Å². The van der Waals surface area contributed by atoms with Crippen molar-refractivity contribution in [3.63, 3.8) is 0 Å². The minimum absolute atomic E-state index is 0.0691. The molecule has 14 heteroatoms. The van der Waals surface area contributed by atoms with Gasteiger partial charge in [0.2, 0.25) is 29.5 Å². The number of unbranched alkanes of at least 4 members (excludes halogenated alkanes) is 3. The summed E-state index contributed by atoms with van der Waals surface area (Å²) in [5.41, 5.74) is 16.9. The first kappa shape index (κ1) is 47.3. The quantitative estimate of drug-likeness (QED) is 0.0712. The van der Waals surface area contributed by atoms with Crippen LogP contribution in [0, 0.1) is 29.6 Å². The number of carbonyl (C=O) groups is 5. The van der Waals surface area contributed by atoms with E-state index in [0.717, 1.165) is 70.6 Å². The average molecular weight is 766 g/mol. The van der Waals surface area contributed by atoms with Crippen molar-refractivity contribution in [3.8, 4) is 0 Å². The second-order valence-electron chi connectivity index (χ2n) is 16.5. The monoisotopic (exact) mass is 766 g/mol. The molecule has 2 rings (SSSR count). The standard InChI is InChI=1S/C40H75N7O7/c1-8-9-10-14-17-34(54-24-27(5)44-37(49)26(4)23-53-31-19-29(20-31)21-41)28(6)40(52)47(7)33(18-25(2)3)38(50)46-35(30-15-12-11-13-16-30)39(51)45-32(22-42)36(43)48/h25-35H,8-24,41-42H2,1-7H3,(H2,43,48)(H,44,49)(H,45,51)(H,46,50)/t26-,27+,28+,29-,31-,32-,33-,34+,35-/m0/s1. The van der Waals surface area contributed by atoms with Gasteiger partial charge in [0.1, 0.15) is 18.1 Å². The van der Waals surface area contributed by atoms with Gasteiger partial charge in [-0.2, -0.15) is 0 Å². The number of hydrogen-bond acceptors (Lipinski definition) is 9. The first-order chi connectivity index (χ1) is 25.6. The molecule has 0 aromatic rings. The highest BCUT2D eigenvalue weighted by atomic mass is 16.5. The predicted octanol–water partition coefficient (Wildman–Crippen LogP) is 2.74. The summed E-state index contributed by atoms with van der Waals surface area (Å²) in [6.07, 6.45) is 11.1. The Labute approximate surface area is 324 Å². The number of amides is 5. The number of primary amides is 1. The molecule has 5 amide bonds. The zero-order chi connectivity index (χ0) is 40.4. The number of nitrogens with zero attached hydrogens (tertiary/aromatic N) is 1. The van der Waals surface area contributed by atoms with Crippen LogP contribution < -0.4 is 33.2 Å². The second-order valence-corrected chi connectivity index (χ2v) is 16.5. The lowest BCUT2D eigenvalue weighted by Gasteiger charge is -2.36. The van der Waals surface area contributed by atoms with Crippen LogP contribution in [0.5, 0.6) is 0 Å². The van der Waals surface area contributed by atoms with Crippen LogP contribution in [0.4, 0.5) is 0 Å². The van der Waals surface area contributed by atoms with Crippen LogP contribution in [-0.2, 0) is 33.4 Å². The summed E-state index contributed by atoms with van der Waals surface area (Å²) in [6.45, 7) is 12.8. The first-order valence-electron chi connectivity index (χ1n) is 20.7. The van der Waals surface area contributed by atoms with Crippen molar-refractivity contribution < 1.29 is 33.4 Å². The molecule has 2 aliphatic carbocycles. The zero-order valence-corrected chi connectivity index (χ0v) is 34.4. The fourth-order valence-corrected chi connectivity index (χ4v) is 7.45. The van der Waals surface area contributed by atoms with E-state index >= 15 is 0 Å². The first-order valence-corrected chi connectivity index (χ1v) is 20.7. The molecular formula is C40H75N7O7. The number of hydrogen-bond donors (Lipinski definition) is 6. The normalized spacial score (nSPS) is 21.4. The number of nitrogens with one attached hydrogen (secondary N) is 3. The molecule has 0 aromatic heterocycles. The van der Waals surface area contributed by atoms with Crippen molar-refractivity contribution in [3.05, 3.63) is 0 Å². The number of likely N-dealkylation sites (N-methyl/N-ethyl adjacent to an activating group) is 1. The topological polar surface area (TPSA) is 221 Å². The van der Waals surface area contributed by atoms with Gasteiger partial charge in [-0.15, -0.1) is 0 Å². The van der Waals surface area contributed by atoms with Crippen LogP contribution in [-0.4, -0.2) is 104 Å². The fraction of sp³-hybridized carbons (Fsp3) is 0.875. The highest BCUT2D eigenvalue weighted by molar-refractivity contribution is 5.94. The summed E-state index contributed by atoms with van der Waals surface area (Å²) in [5.74, 6) is -2.46. The highest BCUT2D eigenvalue weighted by Gasteiger charge is 2.38. The van der Waals surface area contributed by atoms with Crippen molar-refractivity contribution >= 4 is 29.5 Å². The summed E-state index contributed by atoms with van der Waals surface area (Å²) in [7, 11) is 1.64. The molecular weight excluding hydrogens is 690 g/mol. The molecule has 7 atom stereocenters. The van der Waals surface area contributed by atoms with Gasteiger partial charge in [-0.05, 0) is 69.7 Å².